The number of para-hydroxylation sites is 1. The second kappa shape index (κ2) is 5.14. The number of nitrogens with zero attached hydrogens (tertiary/aromatic N) is 1. The zero-order chi connectivity index (χ0) is 13.3. The second-order valence-corrected chi connectivity index (χ2v) is 5.92. The van der Waals surface area contributed by atoms with E-state index in [-0.39, 0.29) is 12.1 Å². The van der Waals surface area contributed by atoms with E-state index in [2.05, 4.69) is 41.4 Å². The molecule has 1 unspecified atom stereocenters. The van der Waals surface area contributed by atoms with Crippen LogP contribution in [-0.2, 0) is 6.42 Å². The maximum absolute atomic E-state index is 9.94. The Kier molecular flexibility index (Phi) is 3.50. The summed E-state index contributed by atoms with van der Waals surface area (Å²) < 4.78 is 0. The highest BCUT2D eigenvalue weighted by Gasteiger charge is 2.45. The number of fused-ring (bicyclic) bond motifs is 1. The summed E-state index contributed by atoms with van der Waals surface area (Å²) in [4.78, 5) is 2.45. The summed E-state index contributed by atoms with van der Waals surface area (Å²) in [6.07, 6.45) is 3.64. The zero-order valence-electron chi connectivity index (χ0n) is 11.7. The van der Waals surface area contributed by atoms with Gasteiger partial charge in [0.05, 0.1) is 12.1 Å². The van der Waals surface area contributed by atoms with Crippen LogP contribution in [0.15, 0.2) is 24.3 Å². The van der Waals surface area contributed by atoms with E-state index in [0.29, 0.717) is 5.92 Å². The van der Waals surface area contributed by atoms with Crippen molar-refractivity contribution in [3.05, 3.63) is 29.8 Å². The lowest BCUT2D eigenvalue weighted by molar-refractivity contribution is 0.146. The number of rotatable bonds is 6. The first-order valence-corrected chi connectivity index (χ1v) is 7.48. The average molecular weight is 260 g/mol. The molecule has 0 saturated heterocycles. The van der Waals surface area contributed by atoms with E-state index in [9.17, 15) is 5.11 Å². The molecule has 1 aliphatic heterocycles. The van der Waals surface area contributed by atoms with Gasteiger partial charge in [-0.3, -0.25) is 0 Å². The van der Waals surface area contributed by atoms with Crippen molar-refractivity contribution >= 4 is 5.69 Å². The van der Waals surface area contributed by atoms with Crippen LogP contribution >= 0.6 is 0 Å². The molecule has 2 N–H and O–H groups in total. The smallest absolute Gasteiger partial charge is 0.0633 e. The number of hydrogen-bond donors (Lipinski definition) is 2. The van der Waals surface area contributed by atoms with E-state index < -0.39 is 0 Å². The molecule has 1 aromatic carbocycles. The minimum absolute atomic E-state index is 0.105. The van der Waals surface area contributed by atoms with Gasteiger partial charge in [0.1, 0.15) is 0 Å². The standard InChI is InChI=1S/C16H24N2O/c1-2-17-16(12-19,14-7-8-14)11-18-10-9-13-5-3-4-6-15(13)18/h3-6,14,17,19H,2,7-12H2,1H3. The molecule has 0 aromatic heterocycles. The summed E-state index contributed by atoms with van der Waals surface area (Å²) in [5, 5.41) is 13.5. The summed E-state index contributed by atoms with van der Waals surface area (Å²) in [6.45, 7) is 5.31. The third-order valence-corrected chi connectivity index (χ3v) is 4.63. The maximum Gasteiger partial charge on any atom is 0.0633 e. The molecule has 104 valence electrons. The third-order valence-electron chi connectivity index (χ3n) is 4.63. The number of benzene rings is 1. The predicted molar refractivity (Wildman–Crippen MR) is 78.6 cm³/mol. The molecule has 2 aliphatic rings. The molecule has 0 radical (unpaired) electrons. The summed E-state index contributed by atoms with van der Waals surface area (Å²) >= 11 is 0. The Bertz CT molecular complexity index is 444. The Morgan fingerprint density at radius 3 is 2.84 bits per heavy atom. The Balaban J connectivity index is 1.80. The Morgan fingerprint density at radius 1 is 1.37 bits per heavy atom. The van der Waals surface area contributed by atoms with Crippen molar-refractivity contribution in [2.24, 2.45) is 5.92 Å². The SMILES string of the molecule is CCNC(CO)(CN1CCc2ccccc21)C1CC1. The van der Waals surface area contributed by atoms with Crippen molar-refractivity contribution in [3.63, 3.8) is 0 Å². The molecule has 1 atom stereocenters. The van der Waals surface area contributed by atoms with Gasteiger partial charge in [0.2, 0.25) is 0 Å². The quantitative estimate of drug-likeness (QED) is 0.819. The molecule has 1 heterocycles. The lowest BCUT2D eigenvalue weighted by atomic mass is 9.93. The first-order valence-electron chi connectivity index (χ1n) is 7.48. The summed E-state index contributed by atoms with van der Waals surface area (Å²) in [5.74, 6) is 0.644. The molecule has 1 saturated carbocycles. The van der Waals surface area contributed by atoms with Crippen molar-refractivity contribution in [3.8, 4) is 0 Å². The molecule has 0 amide bonds. The van der Waals surface area contributed by atoms with Crippen molar-refractivity contribution in [1.82, 2.24) is 5.32 Å². The summed E-state index contributed by atoms with van der Waals surface area (Å²) in [5.41, 5.74) is 2.70. The molecular formula is C16H24N2O. The van der Waals surface area contributed by atoms with Gasteiger partial charge in [-0.15, -0.1) is 0 Å². The van der Waals surface area contributed by atoms with Crippen molar-refractivity contribution in [2.75, 3.05) is 31.1 Å². The fraction of sp³-hybridized carbons (Fsp3) is 0.625. The highest BCUT2D eigenvalue weighted by molar-refractivity contribution is 5.58. The van der Waals surface area contributed by atoms with Crippen LogP contribution in [0.25, 0.3) is 0 Å². The summed E-state index contributed by atoms with van der Waals surface area (Å²) in [6, 6.07) is 8.67. The van der Waals surface area contributed by atoms with Crippen LogP contribution in [0, 0.1) is 5.92 Å². The van der Waals surface area contributed by atoms with Crippen LogP contribution in [0.5, 0.6) is 0 Å². The minimum Gasteiger partial charge on any atom is -0.394 e. The molecule has 3 heteroatoms. The molecule has 19 heavy (non-hydrogen) atoms. The number of aliphatic hydroxyl groups is 1. The fourth-order valence-corrected chi connectivity index (χ4v) is 3.46. The van der Waals surface area contributed by atoms with E-state index >= 15 is 0 Å². The van der Waals surface area contributed by atoms with Crippen LogP contribution in [0.3, 0.4) is 0 Å². The van der Waals surface area contributed by atoms with Crippen LogP contribution in [-0.4, -0.2) is 36.9 Å². The van der Waals surface area contributed by atoms with Crippen LogP contribution in [0.1, 0.15) is 25.3 Å². The monoisotopic (exact) mass is 260 g/mol. The first-order chi connectivity index (χ1) is 9.29. The third kappa shape index (κ3) is 2.37. The van der Waals surface area contributed by atoms with Gasteiger partial charge in [0, 0.05) is 18.8 Å². The van der Waals surface area contributed by atoms with Gasteiger partial charge < -0.3 is 15.3 Å². The van der Waals surface area contributed by atoms with Crippen LogP contribution in [0.2, 0.25) is 0 Å². The molecule has 0 spiro atoms. The zero-order valence-corrected chi connectivity index (χ0v) is 11.7. The first kappa shape index (κ1) is 12.9. The largest absolute Gasteiger partial charge is 0.394 e. The van der Waals surface area contributed by atoms with Crippen molar-refractivity contribution in [1.29, 1.82) is 0 Å². The highest BCUT2D eigenvalue weighted by atomic mass is 16.3. The van der Waals surface area contributed by atoms with Gasteiger partial charge in [-0.05, 0) is 43.4 Å². The van der Waals surface area contributed by atoms with Crippen LogP contribution < -0.4 is 10.2 Å². The topological polar surface area (TPSA) is 35.5 Å². The van der Waals surface area contributed by atoms with Gasteiger partial charge in [0.25, 0.3) is 0 Å². The molecule has 0 bridgehead atoms. The normalized spacial score (nSPS) is 21.3. The molecule has 1 aliphatic carbocycles. The van der Waals surface area contributed by atoms with Crippen molar-refractivity contribution in [2.45, 2.75) is 31.7 Å². The predicted octanol–water partition coefficient (Wildman–Crippen LogP) is 1.80. The van der Waals surface area contributed by atoms with Crippen LogP contribution in [0.4, 0.5) is 5.69 Å². The van der Waals surface area contributed by atoms with Gasteiger partial charge >= 0.3 is 0 Å². The maximum atomic E-state index is 9.94. The Labute approximate surface area is 115 Å². The number of nitrogens with one attached hydrogen (secondary N) is 1. The van der Waals surface area contributed by atoms with E-state index in [0.717, 1.165) is 26.1 Å². The van der Waals surface area contributed by atoms with E-state index in [1.54, 1.807) is 0 Å². The Hall–Kier alpha value is -1.06. The number of aliphatic hydroxyl groups excluding tert-OH is 1. The van der Waals surface area contributed by atoms with E-state index in [1.165, 1.54) is 24.1 Å². The van der Waals surface area contributed by atoms with E-state index in [1.807, 2.05) is 0 Å². The fourth-order valence-electron chi connectivity index (χ4n) is 3.46. The molecule has 1 fully saturated rings. The highest BCUT2D eigenvalue weighted by Crippen LogP contribution is 2.41. The van der Waals surface area contributed by atoms with Crippen molar-refractivity contribution < 1.29 is 5.11 Å². The van der Waals surface area contributed by atoms with E-state index in [4.69, 9.17) is 0 Å². The number of likely N-dealkylation sites (N-methyl/N-ethyl adjacent to an activating group) is 1. The number of anilines is 1. The number of hydrogen-bond acceptors (Lipinski definition) is 3. The lowest BCUT2D eigenvalue weighted by Gasteiger charge is -2.38. The summed E-state index contributed by atoms with van der Waals surface area (Å²) in [7, 11) is 0. The van der Waals surface area contributed by atoms with Gasteiger partial charge in [-0.25, -0.2) is 0 Å². The Morgan fingerprint density at radius 2 is 2.16 bits per heavy atom. The lowest BCUT2D eigenvalue weighted by Crippen LogP contribution is -2.58. The van der Waals surface area contributed by atoms with Gasteiger partial charge in [0.15, 0.2) is 0 Å². The second-order valence-electron chi connectivity index (χ2n) is 5.92. The molecule has 3 nitrogen and oxygen atoms in total. The molecule has 3 rings (SSSR count). The molecular weight excluding hydrogens is 236 g/mol. The van der Waals surface area contributed by atoms with Gasteiger partial charge in [-0.1, -0.05) is 25.1 Å². The average Bonchev–Trinajstić information content (AvgIpc) is 3.22. The molecule has 1 aromatic rings. The van der Waals surface area contributed by atoms with Gasteiger partial charge in [-0.2, -0.15) is 0 Å². The minimum atomic E-state index is -0.105.